The largest absolute Gasteiger partial charge is 0.491 e. The predicted octanol–water partition coefficient (Wildman–Crippen LogP) is 0.904. The Morgan fingerprint density at radius 2 is 1.88 bits per heavy atom. The number of ether oxygens (including phenoxy) is 3. The van der Waals surface area contributed by atoms with E-state index in [0.29, 0.717) is 30.3 Å². The van der Waals surface area contributed by atoms with Gasteiger partial charge >= 0.3 is 0 Å². The van der Waals surface area contributed by atoms with Gasteiger partial charge in [0.05, 0.1) is 0 Å². The predicted molar refractivity (Wildman–Crippen MR) is 89.8 cm³/mol. The van der Waals surface area contributed by atoms with Crippen molar-refractivity contribution in [2.75, 3.05) is 31.4 Å². The lowest BCUT2D eigenvalue weighted by molar-refractivity contribution is -0.122. The van der Waals surface area contributed by atoms with Crippen LogP contribution in [0, 0.1) is 0 Å². The summed E-state index contributed by atoms with van der Waals surface area (Å²) >= 11 is 0. The highest BCUT2D eigenvalue weighted by molar-refractivity contribution is 6.11. The molecule has 0 saturated heterocycles. The maximum Gasteiger partial charge on any atom is 0.245 e. The first-order chi connectivity index (χ1) is 12.3. The van der Waals surface area contributed by atoms with E-state index < -0.39 is 5.41 Å². The molecule has 2 aromatic rings. The fourth-order valence-corrected chi connectivity index (χ4v) is 3.96. The Morgan fingerprint density at radius 3 is 2.72 bits per heavy atom. The van der Waals surface area contributed by atoms with Gasteiger partial charge in [-0.1, -0.05) is 18.2 Å². The quantitative estimate of drug-likeness (QED) is 0.638. The van der Waals surface area contributed by atoms with Gasteiger partial charge in [0.15, 0.2) is 11.5 Å². The van der Waals surface area contributed by atoms with Crippen molar-refractivity contribution in [3.8, 4) is 17.2 Å². The molecule has 0 aromatic heterocycles. The van der Waals surface area contributed by atoms with E-state index in [9.17, 15) is 4.79 Å². The molecular weight excluding hydrogens is 322 g/mol. The number of carbonyl (C=O) groups excluding carboxylic acids is 1. The van der Waals surface area contributed by atoms with Gasteiger partial charge in [0.1, 0.15) is 17.8 Å². The van der Waals surface area contributed by atoms with E-state index in [-0.39, 0.29) is 19.3 Å². The Kier molecular flexibility index (Phi) is 2.98. The zero-order valence-electron chi connectivity index (χ0n) is 13.5. The van der Waals surface area contributed by atoms with Crippen molar-refractivity contribution in [2.24, 2.45) is 5.84 Å². The number of nitrogens with zero attached hydrogens (tertiary/aromatic N) is 1. The van der Waals surface area contributed by atoms with Crippen molar-refractivity contribution in [3.63, 3.8) is 0 Å². The number of nitrogens with two attached hydrogens (primary N) is 1. The molecule has 3 aliphatic rings. The van der Waals surface area contributed by atoms with Crippen LogP contribution in [0.1, 0.15) is 11.1 Å². The highest BCUT2D eigenvalue weighted by Crippen LogP contribution is 2.54. The zero-order valence-corrected chi connectivity index (χ0v) is 13.5. The minimum atomic E-state index is -0.846. The number of hydrogen-bond donors (Lipinski definition) is 2. The molecule has 1 spiro atoms. The van der Waals surface area contributed by atoms with Crippen LogP contribution in [-0.4, -0.2) is 32.4 Å². The lowest BCUT2D eigenvalue weighted by atomic mass is 9.77. The highest BCUT2D eigenvalue weighted by atomic mass is 16.7. The standard InChI is InChI=1S/C18H17N3O4/c19-20-5-6-21-13-4-2-1-3-11(13)18(17(21)22)9-23-14-8-16-15(7-12(14)18)24-10-25-16/h1-4,7-8,20H,5-6,9-10,19H2. The van der Waals surface area contributed by atoms with Gasteiger partial charge in [0.2, 0.25) is 12.7 Å². The normalized spacial score (nSPS) is 22.3. The number of nitrogens with one attached hydrogen (secondary N) is 1. The Balaban J connectivity index is 1.69. The summed E-state index contributed by atoms with van der Waals surface area (Å²) in [4.78, 5) is 15.2. The number of anilines is 1. The molecule has 3 aliphatic heterocycles. The second kappa shape index (κ2) is 5.11. The fourth-order valence-electron chi connectivity index (χ4n) is 3.96. The molecule has 0 radical (unpaired) electrons. The average Bonchev–Trinajstić information content (AvgIpc) is 3.30. The van der Waals surface area contributed by atoms with Crippen LogP contribution in [0.5, 0.6) is 17.2 Å². The molecule has 3 heterocycles. The molecule has 3 N–H and O–H groups in total. The third kappa shape index (κ3) is 1.79. The van der Waals surface area contributed by atoms with Crippen LogP contribution >= 0.6 is 0 Å². The Labute approximate surface area is 144 Å². The number of hydrogen-bond acceptors (Lipinski definition) is 6. The van der Waals surface area contributed by atoms with Crippen molar-refractivity contribution in [3.05, 3.63) is 47.5 Å². The lowest BCUT2D eigenvalue weighted by Gasteiger charge is -2.23. The molecular formula is C18H17N3O4. The van der Waals surface area contributed by atoms with E-state index in [2.05, 4.69) is 5.43 Å². The highest BCUT2D eigenvalue weighted by Gasteiger charge is 2.57. The summed E-state index contributed by atoms with van der Waals surface area (Å²) in [6.07, 6.45) is 0. The summed E-state index contributed by atoms with van der Waals surface area (Å²) in [7, 11) is 0. The van der Waals surface area contributed by atoms with Gasteiger partial charge < -0.3 is 19.1 Å². The van der Waals surface area contributed by atoms with Crippen molar-refractivity contribution in [1.82, 2.24) is 5.43 Å². The fraction of sp³-hybridized carbons (Fsp3) is 0.278. The van der Waals surface area contributed by atoms with Crippen LogP contribution in [0.25, 0.3) is 0 Å². The topological polar surface area (TPSA) is 86.1 Å². The molecule has 5 rings (SSSR count). The number of carbonyl (C=O) groups is 1. The number of amides is 1. The SMILES string of the molecule is NNCCN1C(=O)C2(COc3cc4c(cc32)OCO4)c2ccccc21. The van der Waals surface area contributed by atoms with Gasteiger partial charge in [0.25, 0.3) is 0 Å². The minimum absolute atomic E-state index is 0.00145. The minimum Gasteiger partial charge on any atom is -0.491 e. The van der Waals surface area contributed by atoms with Gasteiger partial charge in [-0.25, -0.2) is 0 Å². The summed E-state index contributed by atoms with van der Waals surface area (Å²) < 4.78 is 16.9. The monoisotopic (exact) mass is 339 g/mol. The maximum absolute atomic E-state index is 13.5. The number of rotatable bonds is 3. The van der Waals surface area contributed by atoms with E-state index in [4.69, 9.17) is 20.1 Å². The molecule has 128 valence electrons. The van der Waals surface area contributed by atoms with Crippen molar-refractivity contribution < 1.29 is 19.0 Å². The van der Waals surface area contributed by atoms with Gasteiger partial charge in [-0.05, 0) is 17.7 Å². The number of para-hydroxylation sites is 1. The van der Waals surface area contributed by atoms with E-state index in [1.54, 1.807) is 4.90 Å². The third-order valence-corrected chi connectivity index (χ3v) is 5.12. The van der Waals surface area contributed by atoms with Crippen LogP contribution < -0.4 is 30.4 Å². The molecule has 1 atom stereocenters. The first-order valence-corrected chi connectivity index (χ1v) is 8.17. The van der Waals surface area contributed by atoms with Crippen molar-refractivity contribution in [2.45, 2.75) is 5.41 Å². The van der Waals surface area contributed by atoms with E-state index in [0.717, 1.165) is 16.8 Å². The molecule has 0 fully saturated rings. The summed E-state index contributed by atoms with van der Waals surface area (Å²) in [6, 6.07) is 11.5. The summed E-state index contributed by atoms with van der Waals surface area (Å²) in [5, 5.41) is 0. The molecule has 0 aliphatic carbocycles. The van der Waals surface area contributed by atoms with Gasteiger partial charge in [0, 0.05) is 30.4 Å². The molecule has 1 unspecified atom stereocenters. The molecule has 25 heavy (non-hydrogen) atoms. The van der Waals surface area contributed by atoms with E-state index in [1.165, 1.54) is 0 Å². The van der Waals surface area contributed by atoms with Gasteiger partial charge in [-0.3, -0.25) is 16.1 Å². The number of hydrazine groups is 1. The summed E-state index contributed by atoms with van der Waals surface area (Å²) in [5.74, 6) is 7.39. The molecule has 0 bridgehead atoms. The van der Waals surface area contributed by atoms with Gasteiger partial charge in [-0.15, -0.1) is 0 Å². The molecule has 1 amide bonds. The third-order valence-electron chi connectivity index (χ3n) is 5.12. The first kappa shape index (κ1) is 14.6. The van der Waals surface area contributed by atoms with Crippen LogP contribution in [0.4, 0.5) is 5.69 Å². The average molecular weight is 339 g/mol. The maximum atomic E-state index is 13.5. The van der Waals surface area contributed by atoms with E-state index >= 15 is 0 Å². The second-order valence-corrected chi connectivity index (χ2v) is 6.32. The molecule has 0 saturated carbocycles. The first-order valence-electron chi connectivity index (χ1n) is 8.17. The lowest BCUT2D eigenvalue weighted by Crippen LogP contribution is -2.45. The van der Waals surface area contributed by atoms with Crippen LogP contribution in [0.15, 0.2) is 36.4 Å². The number of fused-ring (bicyclic) bond motifs is 5. The van der Waals surface area contributed by atoms with Crippen molar-refractivity contribution >= 4 is 11.6 Å². The summed E-state index contributed by atoms with van der Waals surface area (Å²) in [6.45, 7) is 1.46. The Bertz CT molecular complexity index is 885. The van der Waals surface area contributed by atoms with Crippen LogP contribution in [0.2, 0.25) is 0 Å². The van der Waals surface area contributed by atoms with Gasteiger partial charge in [-0.2, -0.15) is 0 Å². The molecule has 7 heteroatoms. The molecule has 2 aromatic carbocycles. The zero-order chi connectivity index (χ0) is 17.0. The smallest absolute Gasteiger partial charge is 0.245 e. The second-order valence-electron chi connectivity index (χ2n) is 6.32. The van der Waals surface area contributed by atoms with Crippen LogP contribution in [-0.2, 0) is 10.2 Å². The molecule has 7 nitrogen and oxygen atoms in total. The Hall–Kier alpha value is -2.77. The van der Waals surface area contributed by atoms with Crippen LogP contribution in [0.3, 0.4) is 0 Å². The van der Waals surface area contributed by atoms with E-state index in [1.807, 2.05) is 36.4 Å². The number of benzene rings is 2. The van der Waals surface area contributed by atoms with Crippen molar-refractivity contribution in [1.29, 1.82) is 0 Å². The Morgan fingerprint density at radius 1 is 1.08 bits per heavy atom. The summed E-state index contributed by atoms with van der Waals surface area (Å²) in [5.41, 5.74) is 4.45.